The first-order chi connectivity index (χ1) is 13.1. The van der Waals surface area contributed by atoms with Crippen molar-refractivity contribution in [3.8, 4) is 0 Å². The molecule has 7 heteroatoms. The molecule has 4 aliphatic rings. The van der Waals surface area contributed by atoms with E-state index in [9.17, 15) is 14.4 Å². The van der Waals surface area contributed by atoms with Gasteiger partial charge in [-0.15, -0.1) is 0 Å². The zero-order valence-corrected chi connectivity index (χ0v) is 15.2. The van der Waals surface area contributed by atoms with Crippen LogP contribution in [-0.4, -0.2) is 47.8 Å². The molecule has 7 nitrogen and oxygen atoms in total. The highest BCUT2D eigenvalue weighted by Gasteiger charge is 2.44. The van der Waals surface area contributed by atoms with E-state index in [1.165, 1.54) is 6.42 Å². The van der Waals surface area contributed by atoms with Crippen molar-refractivity contribution in [3.63, 3.8) is 0 Å². The SMILES string of the molecule is O=C1CCC(N2Cc3c(CNC4CC5CNCC54)cccc3C2=O)C(=O)N1. The molecule has 3 amide bonds. The molecule has 0 spiro atoms. The Labute approximate surface area is 157 Å². The van der Waals surface area contributed by atoms with E-state index in [4.69, 9.17) is 0 Å². The van der Waals surface area contributed by atoms with Crippen molar-refractivity contribution in [1.82, 2.24) is 20.9 Å². The minimum atomic E-state index is -0.555. The summed E-state index contributed by atoms with van der Waals surface area (Å²) in [6.45, 7) is 3.42. The largest absolute Gasteiger partial charge is 0.322 e. The minimum Gasteiger partial charge on any atom is -0.322 e. The molecule has 1 aromatic carbocycles. The maximum atomic E-state index is 12.9. The summed E-state index contributed by atoms with van der Waals surface area (Å²) in [4.78, 5) is 38.1. The zero-order chi connectivity index (χ0) is 18.5. The molecule has 0 aromatic heterocycles. The fourth-order valence-corrected chi connectivity index (χ4v) is 5.08. The van der Waals surface area contributed by atoms with Gasteiger partial charge in [-0.05, 0) is 55.0 Å². The molecule has 1 aromatic rings. The van der Waals surface area contributed by atoms with Crippen LogP contribution in [-0.2, 0) is 22.7 Å². The predicted molar refractivity (Wildman–Crippen MR) is 97.6 cm³/mol. The fraction of sp³-hybridized carbons (Fsp3) is 0.550. The molecular formula is C20H24N4O3. The third-order valence-corrected chi connectivity index (χ3v) is 6.70. The smallest absolute Gasteiger partial charge is 0.255 e. The third-order valence-electron chi connectivity index (χ3n) is 6.70. The Kier molecular flexibility index (Phi) is 4.02. The van der Waals surface area contributed by atoms with Crippen molar-refractivity contribution in [2.75, 3.05) is 13.1 Å². The van der Waals surface area contributed by atoms with E-state index in [0.29, 0.717) is 24.6 Å². The van der Waals surface area contributed by atoms with E-state index in [1.807, 2.05) is 12.1 Å². The van der Waals surface area contributed by atoms with Gasteiger partial charge in [-0.25, -0.2) is 0 Å². The summed E-state index contributed by atoms with van der Waals surface area (Å²) < 4.78 is 0. The summed E-state index contributed by atoms with van der Waals surface area (Å²) in [6.07, 6.45) is 1.90. The first-order valence-corrected chi connectivity index (χ1v) is 9.81. The molecule has 142 valence electrons. The second-order valence-electron chi connectivity index (χ2n) is 8.15. The number of carbonyl (C=O) groups excluding carboxylic acids is 3. The van der Waals surface area contributed by atoms with Gasteiger partial charge < -0.3 is 15.5 Å². The molecule has 1 aliphatic carbocycles. The molecule has 3 heterocycles. The van der Waals surface area contributed by atoms with Gasteiger partial charge in [-0.1, -0.05) is 12.1 Å². The Balaban J connectivity index is 1.30. The van der Waals surface area contributed by atoms with E-state index in [0.717, 1.165) is 42.6 Å². The topological polar surface area (TPSA) is 90.5 Å². The van der Waals surface area contributed by atoms with E-state index in [2.05, 4.69) is 22.0 Å². The summed E-state index contributed by atoms with van der Waals surface area (Å²) >= 11 is 0. The second kappa shape index (κ2) is 6.42. The molecular weight excluding hydrogens is 344 g/mol. The minimum absolute atomic E-state index is 0.106. The molecule has 0 radical (unpaired) electrons. The summed E-state index contributed by atoms with van der Waals surface area (Å²) in [5, 5.41) is 9.48. The number of piperidine rings is 1. The first-order valence-electron chi connectivity index (χ1n) is 9.81. The monoisotopic (exact) mass is 368 g/mol. The standard InChI is InChI=1S/C20H24N4O3/c25-18-5-4-17(19(26)23-18)24-10-15-11(2-1-3-13(15)20(24)27)8-22-16-6-12-7-21-9-14(12)16/h1-3,12,14,16-17,21-22H,4-10H2,(H,23,25,26). The van der Waals surface area contributed by atoms with Crippen LogP contribution in [0.1, 0.15) is 40.7 Å². The molecule has 3 fully saturated rings. The van der Waals surface area contributed by atoms with Gasteiger partial charge in [0.2, 0.25) is 11.8 Å². The Hall–Kier alpha value is -2.25. The van der Waals surface area contributed by atoms with Crippen LogP contribution >= 0.6 is 0 Å². The van der Waals surface area contributed by atoms with E-state index in [1.54, 1.807) is 4.90 Å². The van der Waals surface area contributed by atoms with Crippen molar-refractivity contribution in [2.24, 2.45) is 11.8 Å². The molecule has 4 atom stereocenters. The molecule has 1 saturated carbocycles. The lowest BCUT2D eigenvalue weighted by Crippen LogP contribution is -2.52. The van der Waals surface area contributed by atoms with Crippen molar-refractivity contribution in [2.45, 2.75) is 44.4 Å². The Morgan fingerprint density at radius 3 is 2.89 bits per heavy atom. The fourth-order valence-electron chi connectivity index (χ4n) is 5.08. The molecule has 2 saturated heterocycles. The van der Waals surface area contributed by atoms with Crippen LogP contribution in [0.4, 0.5) is 0 Å². The quantitative estimate of drug-likeness (QED) is 0.658. The van der Waals surface area contributed by atoms with Gasteiger partial charge in [0.1, 0.15) is 6.04 Å². The van der Waals surface area contributed by atoms with Gasteiger partial charge in [-0.3, -0.25) is 19.7 Å². The van der Waals surface area contributed by atoms with E-state index < -0.39 is 6.04 Å². The highest BCUT2D eigenvalue weighted by atomic mass is 16.2. The Morgan fingerprint density at radius 1 is 1.19 bits per heavy atom. The Morgan fingerprint density at radius 2 is 2.07 bits per heavy atom. The predicted octanol–water partition coefficient (Wildman–Crippen LogP) is 0.145. The van der Waals surface area contributed by atoms with Crippen molar-refractivity contribution in [3.05, 3.63) is 34.9 Å². The number of nitrogens with one attached hydrogen (secondary N) is 3. The normalized spacial score (nSPS) is 32.1. The average molecular weight is 368 g/mol. The summed E-state index contributed by atoms with van der Waals surface area (Å²) in [7, 11) is 0. The molecule has 3 N–H and O–H groups in total. The van der Waals surface area contributed by atoms with Gasteiger partial charge in [-0.2, -0.15) is 0 Å². The van der Waals surface area contributed by atoms with Crippen LogP contribution in [0.3, 0.4) is 0 Å². The van der Waals surface area contributed by atoms with E-state index in [-0.39, 0.29) is 24.1 Å². The Bertz CT molecular complexity index is 823. The lowest BCUT2D eigenvalue weighted by atomic mass is 9.71. The molecule has 3 aliphatic heterocycles. The van der Waals surface area contributed by atoms with E-state index >= 15 is 0 Å². The van der Waals surface area contributed by atoms with Crippen LogP contribution in [0, 0.1) is 11.8 Å². The van der Waals surface area contributed by atoms with Crippen LogP contribution in [0.25, 0.3) is 0 Å². The van der Waals surface area contributed by atoms with Crippen LogP contribution < -0.4 is 16.0 Å². The average Bonchev–Trinajstić information content (AvgIpc) is 3.17. The van der Waals surface area contributed by atoms with Crippen LogP contribution in [0.2, 0.25) is 0 Å². The molecule has 27 heavy (non-hydrogen) atoms. The van der Waals surface area contributed by atoms with Crippen molar-refractivity contribution >= 4 is 17.7 Å². The molecule has 4 unspecified atom stereocenters. The van der Waals surface area contributed by atoms with Crippen molar-refractivity contribution < 1.29 is 14.4 Å². The van der Waals surface area contributed by atoms with Crippen LogP contribution in [0.5, 0.6) is 0 Å². The molecule has 5 rings (SSSR count). The number of hydrogen-bond acceptors (Lipinski definition) is 5. The number of amides is 3. The third kappa shape index (κ3) is 2.76. The second-order valence-corrected chi connectivity index (χ2v) is 8.15. The van der Waals surface area contributed by atoms with Gasteiger partial charge in [0.15, 0.2) is 0 Å². The van der Waals surface area contributed by atoms with Gasteiger partial charge in [0, 0.05) is 31.1 Å². The highest BCUT2D eigenvalue weighted by molar-refractivity contribution is 6.05. The zero-order valence-electron chi connectivity index (χ0n) is 15.2. The lowest BCUT2D eigenvalue weighted by Gasteiger charge is -2.40. The maximum Gasteiger partial charge on any atom is 0.255 e. The summed E-state index contributed by atoms with van der Waals surface area (Å²) in [5.41, 5.74) is 2.83. The number of nitrogens with zero attached hydrogens (tertiary/aromatic N) is 1. The maximum absolute atomic E-state index is 12.9. The number of benzene rings is 1. The summed E-state index contributed by atoms with van der Waals surface area (Å²) in [5.74, 6) is 0.814. The number of carbonyl (C=O) groups is 3. The van der Waals surface area contributed by atoms with Crippen molar-refractivity contribution in [1.29, 1.82) is 0 Å². The number of fused-ring (bicyclic) bond motifs is 2. The lowest BCUT2D eigenvalue weighted by molar-refractivity contribution is -0.136. The number of hydrogen-bond donors (Lipinski definition) is 3. The number of imide groups is 1. The van der Waals surface area contributed by atoms with Crippen LogP contribution in [0.15, 0.2) is 18.2 Å². The van der Waals surface area contributed by atoms with Gasteiger partial charge in [0.05, 0.1) is 0 Å². The molecule has 0 bridgehead atoms. The number of rotatable bonds is 4. The first kappa shape index (κ1) is 16.9. The van der Waals surface area contributed by atoms with Gasteiger partial charge >= 0.3 is 0 Å². The summed E-state index contributed by atoms with van der Waals surface area (Å²) in [6, 6.07) is 5.82. The highest BCUT2D eigenvalue weighted by Crippen LogP contribution is 2.37. The van der Waals surface area contributed by atoms with Gasteiger partial charge in [0.25, 0.3) is 5.91 Å².